The lowest BCUT2D eigenvalue weighted by Gasteiger charge is -2.60. The maximum Gasteiger partial charge on any atom is 0.480 e. The molecule has 4 fully saturated rings. The predicted molar refractivity (Wildman–Crippen MR) is 125 cm³/mol. The highest BCUT2D eigenvalue weighted by Gasteiger charge is 2.63. The first-order chi connectivity index (χ1) is 15.9. The van der Waals surface area contributed by atoms with Gasteiger partial charge in [0.25, 0.3) is 0 Å². The molecule has 3 aromatic rings. The van der Waals surface area contributed by atoms with E-state index in [0.717, 1.165) is 23.0 Å². The van der Waals surface area contributed by atoms with Gasteiger partial charge in [-0.25, -0.2) is 4.39 Å². The Balaban J connectivity index is 1.28. The summed E-state index contributed by atoms with van der Waals surface area (Å²) in [5.41, 5.74) is 2.03. The topological polar surface area (TPSA) is 66.7 Å². The molecule has 2 aromatic carbocycles. The van der Waals surface area contributed by atoms with Crippen LogP contribution in [0.15, 0.2) is 64.1 Å². The molecule has 7 rings (SSSR count). The van der Waals surface area contributed by atoms with E-state index in [1.165, 1.54) is 18.6 Å². The summed E-state index contributed by atoms with van der Waals surface area (Å²) in [6, 6.07) is 14.0. The van der Waals surface area contributed by atoms with Crippen LogP contribution in [-0.4, -0.2) is 29.8 Å². The van der Waals surface area contributed by atoms with Crippen LogP contribution < -0.4 is 4.72 Å². The van der Waals surface area contributed by atoms with E-state index in [0.29, 0.717) is 18.3 Å². The molecular formula is C25H27BFNO4S. The van der Waals surface area contributed by atoms with E-state index in [9.17, 15) is 8.94 Å². The minimum absolute atomic E-state index is 0.0438. The molecule has 2 bridgehead atoms. The summed E-state index contributed by atoms with van der Waals surface area (Å²) in [5, 5.41) is 1.000. The highest BCUT2D eigenvalue weighted by molar-refractivity contribution is 7.89. The SMILES string of the molecule is CC1(C)C2CC3OB(C(Cc4coc5ccccc45)N[S+]([O-])c4ccccc4F)OC3C1C2. The third kappa shape index (κ3) is 3.63. The van der Waals surface area contributed by atoms with Crippen LogP contribution in [0.5, 0.6) is 0 Å². The molecule has 0 spiro atoms. The molecule has 4 aliphatic rings. The van der Waals surface area contributed by atoms with Crippen molar-refractivity contribution in [3.05, 3.63) is 66.2 Å². The van der Waals surface area contributed by atoms with E-state index in [1.54, 1.807) is 18.4 Å². The van der Waals surface area contributed by atoms with Crippen molar-refractivity contribution in [2.24, 2.45) is 17.3 Å². The van der Waals surface area contributed by atoms with E-state index in [2.05, 4.69) is 18.6 Å². The smallest absolute Gasteiger partial charge is 0.480 e. The van der Waals surface area contributed by atoms with Gasteiger partial charge in [0.1, 0.15) is 5.58 Å². The Morgan fingerprint density at radius 3 is 2.76 bits per heavy atom. The summed E-state index contributed by atoms with van der Waals surface area (Å²) in [4.78, 5) is 0.123. The maximum absolute atomic E-state index is 14.3. The van der Waals surface area contributed by atoms with Crippen LogP contribution in [0.4, 0.5) is 4.39 Å². The lowest BCUT2D eigenvalue weighted by molar-refractivity contribution is -0.150. The first-order valence-corrected chi connectivity index (χ1v) is 12.8. The standard InChI is InChI=1S/C25H27BFNO4S/c1-25(2)16-12-18(25)24-21(13-16)31-26(32-24)23(28-33(29)22-10-6-4-8-19(22)27)11-15-14-30-20-9-5-3-7-17(15)20/h3-10,14,16,18,21,23-24,28H,11-13H2,1-2H3. The van der Waals surface area contributed by atoms with Gasteiger partial charge in [-0.3, -0.25) is 0 Å². The van der Waals surface area contributed by atoms with Gasteiger partial charge in [0, 0.05) is 5.39 Å². The molecular weight excluding hydrogens is 440 g/mol. The minimum atomic E-state index is -1.76. The van der Waals surface area contributed by atoms with Crippen molar-refractivity contribution in [3.8, 4) is 0 Å². The van der Waals surface area contributed by atoms with E-state index in [4.69, 9.17) is 13.7 Å². The number of rotatable bonds is 6. The molecule has 172 valence electrons. The maximum atomic E-state index is 14.3. The van der Waals surface area contributed by atoms with Crippen LogP contribution in [0, 0.1) is 23.1 Å². The number of nitrogens with one attached hydrogen (secondary N) is 1. The summed E-state index contributed by atoms with van der Waals surface area (Å²) in [7, 11) is -0.570. The molecule has 6 atom stereocenters. The number of halogens is 1. The fourth-order valence-corrected chi connectivity index (χ4v) is 7.01. The van der Waals surface area contributed by atoms with E-state index < -0.39 is 30.2 Å². The third-order valence-electron chi connectivity index (χ3n) is 8.05. The molecule has 1 saturated heterocycles. The second-order valence-electron chi connectivity index (χ2n) is 10.1. The summed E-state index contributed by atoms with van der Waals surface area (Å²) in [6.45, 7) is 4.64. The lowest BCUT2D eigenvalue weighted by atomic mass is 9.47. The van der Waals surface area contributed by atoms with Crippen LogP contribution in [0.2, 0.25) is 0 Å². The van der Waals surface area contributed by atoms with Gasteiger partial charge in [-0.15, -0.1) is 4.72 Å². The second kappa shape index (κ2) is 8.13. The van der Waals surface area contributed by atoms with Crippen molar-refractivity contribution < 1.29 is 22.7 Å². The molecule has 5 nitrogen and oxygen atoms in total. The van der Waals surface area contributed by atoms with Crippen LogP contribution >= 0.6 is 0 Å². The summed E-state index contributed by atoms with van der Waals surface area (Å²) >= 11 is -1.76. The number of fused-ring (bicyclic) bond motifs is 1. The van der Waals surface area contributed by atoms with Gasteiger partial charge >= 0.3 is 7.12 Å². The Labute approximate surface area is 196 Å². The minimum Gasteiger partial charge on any atom is -0.593 e. The first kappa shape index (κ1) is 21.7. The van der Waals surface area contributed by atoms with Crippen molar-refractivity contribution >= 4 is 29.4 Å². The molecule has 0 radical (unpaired) electrons. The molecule has 0 amide bonds. The Morgan fingerprint density at radius 2 is 1.94 bits per heavy atom. The largest absolute Gasteiger partial charge is 0.593 e. The summed E-state index contributed by atoms with van der Waals surface area (Å²) < 4.78 is 49.2. The second-order valence-corrected chi connectivity index (χ2v) is 11.3. The molecule has 1 aromatic heterocycles. The molecule has 6 unspecified atom stereocenters. The number of hydrogen-bond acceptors (Lipinski definition) is 5. The van der Waals surface area contributed by atoms with Crippen LogP contribution in [0.3, 0.4) is 0 Å². The van der Waals surface area contributed by atoms with Crippen molar-refractivity contribution in [2.75, 3.05) is 0 Å². The molecule has 1 aliphatic heterocycles. The fraction of sp³-hybridized carbons (Fsp3) is 0.440. The average Bonchev–Trinajstić information content (AvgIpc) is 3.43. The van der Waals surface area contributed by atoms with Gasteiger partial charge < -0.3 is 18.3 Å². The molecule has 3 saturated carbocycles. The Bertz CT molecular complexity index is 1170. The molecule has 2 heterocycles. The fourth-order valence-electron chi connectivity index (χ4n) is 5.97. The van der Waals surface area contributed by atoms with Gasteiger partial charge in [-0.2, -0.15) is 0 Å². The highest BCUT2D eigenvalue weighted by atomic mass is 32.2. The van der Waals surface area contributed by atoms with Crippen LogP contribution in [0.25, 0.3) is 11.0 Å². The third-order valence-corrected chi connectivity index (χ3v) is 9.30. The van der Waals surface area contributed by atoms with Crippen molar-refractivity contribution in [1.29, 1.82) is 0 Å². The first-order valence-electron chi connectivity index (χ1n) is 11.6. The van der Waals surface area contributed by atoms with Gasteiger partial charge in [0.05, 0.1) is 35.8 Å². The van der Waals surface area contributed by atoms with E-state index in [-0.39, 0.29) is 22.5 Å². The number of benzene rings is 2. The van der Waals surface area contributed by atoms with Gasteiger partial charge in [0.2, 0.25) is 4.90 Å². The van der Waals surface area contributed by atoms with Crippen LogP contribution in [-0.2, 0) is 27.1 Å². The zero-order valence-electron chi connectivity index (χ0n) is 18.7. The zero-order valence-corrected chi connectivity index (χ0v) is 19.5. The Hall–Kier alpha value is -1.84. The van der Waals surface area contributed by atoms with Crippen LogP contribution in [0.1, 0.15) is 32.3 Å². The predicted octanol–water partition coefficient (Wildman–Crippen LogP) is 4.67. The van der Waals surface area contributed by atoms with E-state index >= 15 is 0 Å². The highest BCUT2D eigenvalue weighted by Crippen LogP contribution is 2.61. The molecule has 3 aliphatic carbocycles. The lowest BCUT2D eigenvalue weighted by Crippen LogP contribution is -2.59. The molecule has 8 heteroatoms. The number of hydrogen-bond donors (Lipinski definition) is 1. The summed E-state index contributed by atoms with van der Waals surface area (Å²) in [5.74, 6) is 0.194. The van der Waals surface area contributed by atoms with E-state index in [1.807, 2.05) is 24.3 Å². The average molecular weight is 467 g/mol. The van der Waals surface area contributed by atoms with Crippen molar-refractivity contribution in [3.63, 3.8) is 0 Å². The van der Waals surface area contributed by atoms with Gasteiger partial charge in [-0.05, 0) is 60.3 Å². The zero-order chi connectivity index (χ0) is 22.7. The Kier molecular flexibility index (Phi) is 5.34. The monoisotopic (exact) mass is 467 g/mol. The quantitative estimate of drug-likeness (QED) is 0.422. The number of furan rings is 1. The molecule has 33 heavy (non-hydrogen) atoms. The normalized spacial score (nSPS) is 29.5. The molecule has 1 N–H and O–H groups in total. The van der Waals surface area contributed by atoms with Gasteiger partial charge in [-0.1, -0.05) is 44.2 Å². The van der Waals surface area contributed by atoms with Gasteiger partial charge in [0.15, 0.2) is 5.82 Å². The summed E-state index contributed by atoms with van der Waals surface area (Å²) in [6.07, 6.45) is 4.48. The van der Waals surface area contributed by atoms with Crippen molar-refractivity contribution in [1.82, 2.24) is 4.72 Å². The van der Waals surface area contributed by atoms with Crippen molar-refractivity contribution in [2.45, 2.75) is 56.2 Å². The Morgan fingerprint density at radius 1 is 1.15 bits per heavy atom. The number of para-hydroxylation sites is 1.